The first-order chi connectivity index (χ1) is 11.6. The highest BCUT2D eigenvalue weighted by molar-refractivity contribution is 6.74. The van der Waals surface area contributed by atoms with Gasteiger partial charge in [-0.1, -0.05) is 32.9 Å². The predicted molar refractivity (Wildman–Crippen MR) is 100 cm³/mol. The lowest BCUT2D eigenvalue weighted by molar-refractivity contribution is -0.135. The van der Waals surface area contributed by atoms with E-state index in [9.17, 15) is 5.11 Å². The van der Waals surface area contributed by atoms with Crippen molar-refractivity contribution in [2.75, 3.05) is 13.7 Å². The minimum Gasteiger partial charge on any atom is -0.497 e. The maximum Gasteiger partial charge on any atom is 0.192 e. The summed E-state index contributed by atoms with van der Waals surface area (Å²) < 4.78 is 22.8. The molecule has 1 heterocycles. The molecule has 0 radical (unpaired) electrons. The van der Waals surface area contributed by atoms with Crippen molar-refractivity contribution < 1.29 is 23.7 Å². The zero-order valence-corrected chi connectivity index (χ0v) is 17.2. The minimum atomic E-state index is -1.93. The van der Waals surface area contributed by atoms with Crippen LogP contribution in [0.5, 0.6) is 5.75 Å². The van der Waals surface area contributed by atoms with Crippen LogP contribution in [0.2, 0.25) is 18.1 Å². The summed E-state index contributed by atoms with van der Waals surface area (Å²) >= 11 is 0. The van der Waals surface area contributed by atoms with Gasteiger partial charge >= 0.3 is 0 Å². The van der Waals surface area contributed by atoms with Gasteiger partial charge in [-0.3, -0.25) is 0 Å². The van der Waals surface area contributed by atoms with Crippen molar-refractivity contribution >= 4 is 8.32 Å². The van der Waals surface area contributed by atoms with Gasteiger partial charge in [0.25, 0.3) is 0 Å². The Morgan fingerprint density at radius 3 is 2.40 bits per heavy atom. The van der Waals surface area contributed by atoms with E-state index in [0.717, 1.165) is 11.3 Å². The van der Waals surface area contributed by atoms with Gasteiger partial charge < -0.3 is 23.7 Å². The van der Waals surface area contributed by atoms with Crippen LogP contribution in [0.25, 0.3) is 0 Å². The molecule has 1 aliphatic rings. The summed E-state index contributed by atoms with van der Waals surface area (Å²) in [6.07, 6.45) is -0.613. The van der Waals surface area contributed by atoms with Crippen molar-refractivity contribution in [3.8, 4) is 5.75 Å². The molecular weight excluding hydrogens is 336 g/mol. The van der Waals surface area contributed by atoms with E-state index in [1.807, 2.05) is 24.3 Å². The van der Waals surface area contributed by atoms with E-state index in [1.165, 1.54) is 0 Å². The number of benzene rings is 1. The first-order valence-corrected chi connectivity index (χ1v) is 11.8. The molecule has 2 rings (SSSR count). The fourth-order valence-corrected chi connectivity index (χ4v) is 3.84. The molecule has 1 unspecified atom stereocenters. The Balaban J connectivity index is 1.79. The average molecular weight is 369 g/mol. The fraction of sp³-hybridized carbons (Fsp3) is 0.684. The lowest BCUT2D eigenvalue weighted by atomic mass is 10.2. The number of methoxy groups -OCH3 is 1. The van der Waals surface area contributed by atoms with Crippen molar-refractivity contribution in [2.24, 2.45) is 0 Å². The molecule has 6 heteroatoms. The zero-order chi connectivity index (χ0) is 18.7. The maximum absolute atomic E-state index is 10.2. The minimum absolute atomic E-state index is 0.107. The van der Waals surface area contributed by atoms with Crippen molar-refractivity contribution in [1.82, 2.24) is 0 Å². The number of hydrogen-bond donors (Lipinski definition) is 1. The van der Waals surface area contributed by atoms with Crippen molar-refractivity contribution in [3.63, 3.8) is 0 Å². The second kappa shape index (κ2) is 8.18. The molecule has 0 spiro atoms. The molecule has 0 amide bonds. The van der Waals surface area contributed by atoms with Gasteiger partial charge in [-0.15, -0.1) is 0 Å². The highest BCUT2D eigenvalue weighted by Crippen LogP contribution is 2.39. The molecule has 142 valence electrons. The van der Waals surface area contributed by atoms with E-state index in [4.69, 9.17) is 18.6 Å². The summed E-state index contributed by atoms with van der Waals surface area (Å²) in [5.74, 6) is 0.830. The number of rotatable bonds is 7. The molecule has 1 aliphatic heterocycles. The Labute approximate surface area is 152 Å². The van der Waals surface area contributed by atoms with E-state index < -0.39 is 14.6 Å². The third kappa shape index (κ3) is 5.52. The van der Waals surface area contributed by atoms with Gasteiger partial charge in [-0.05, 0) is 35.8 Å². The summed E-state index contributed by atoms with van der Waals surface area (Å²) in [6.45, 7) is 11.9. The lowest BCUT2D eigenvalue weighted by Crippen LogP contribution is -2.45. The Bertz CT molecular complexity index is 538. The van der Waals surface area contributed by atoms with Crippen molar-refractivity contribution in [3.05, 3.63) is 29.8 Å². The molecule has 3 atom stereocenters. The lowest BCUT2D eigenvalue weighted by Gasteiger charge is -2.38. The second-order valence-electron chi connectivity index (χ2n) is 8.16. The van der Waals surface area contributed by atoms with Crippen LogP contribution in [0, 0.1) is 0 Å². The third-order valence-electron chi connectivity index (χ3n) is 5.13. The molecule has 1 aromatic carbocycles. The molecule has 1 N–H and O–H groups in total. The van der Waals surface area contributed by atoms with Gasteiger partial charge in [0.1, 0.15) is 5.75 Å². The molecule has 0 aliphatic carbocycles. The first-order valence-electron chi connectivity index (χ1n) is 8.84. The van der Waals surface area contributed by atoms with E-state index in [2.05, 4.69) is 33.9 Å². The Morgan fingerprint density at radius 1 is 1.20 bits per heavy atom. The van der Waals surface area contributed by atoms with Gasteiger partial charge in [0.2, 0.25) is 0 Å². The van der Waals surface area contributed by atoms with Crippen molar-refractivity contribution in [1.29, 1.82) is 0 Å². The molecule has 0 bridgehead atoms. The molecule has 1 aromatic rings. The molecule has 5 nitrogen and oxygen atoms in total. The van der Waals surface area contributed by atoms with Crippen LogP contribution in [-0.4, -0.2) is 45.6 Å². The smallest absolute Gasteiger partial charge is 0.192 e. The van der Waals surface area contributed by atoms with Gasteiger partial charge in [0, 0.05) is 6.42 Å². The summed E-state index contributed by atoms with van der Waals surface area (Å²) in [4.78, 5) is 0. The van der Waals surface area contributed by atoms with Gasteiger partial charge in [0.15, 0.2) is 14.6 Å². The first kappa shape index (κ1) is 20.4. The summed E-state index contributed by atoms with van der Waals surface area (Å²) in [5, 5.41) is 10.3. The fourth-order valence-electron chi connectivity index (χ4n) is 2.51. The van der Waals surface area contributed by atoms with Crippen LogP contribution in [0.3, 0.4) is 0 Å². The second-order valence-corrected chi connectivity index (χ2v) is 12.9. The highest BCUT2D eigenvalue weighted by atomic mass is 28.4. The van der Waals surface area contributed by atoms with Crippen LogP contribution in [0.4, 0.5) is 0 Å². The molecule has 25 heavy (non-hydrogen) atoms. The third-order valence-corrected chi connectivity index (χ3v) is 9.63. The van der Waals surface area contributed by atoms with E-state index in [1.54, 1.807) is 7.11 Å². The molecule has 0 saturated carbocycles. The summed E-state index contributed by atoms with van der Waals surface area (Å²) in [5.41, 5.74) is 1.08. The molecule has 1 saturated heterocycles. The monoisotopic (exact) mass is 368 g/mol. The van der Waals surface area contributed by atoms with E-state index in [0.29, 0.717) is 19.6 Å². The van der Waals surface area contributed by atoms with E-state index >= 15 is 0 Å². The zero-order valence-electron chi connectivity index (χ0n) is 16.2. The summed E-state index contributed by atoms with van der Waals surface area (Å²) in [7, 11) is -0.278. The Kier molecular flexibility index (Phi) is 6.67. The SMILES string of the molecule is COc1ccc(COC[C@H]2C[C@@H](O[Si](C)(C)C(C)(C)C)C(O)O2)cc1. The maximum atomic E-state index is 10.2. The van der Waals surface area contributed by atoms with Crippen LogP contribution in [-0.2, 0) is 20.5 Å². The molecular formula is C19H32O5Si. The standard InChI is InChI=1S/C19H32O5Si/c1-19(2,3)25(5,6)24-17-11-16(23-18(17)20)13-22-12-14-7-9-15(21-4)10-8-14/h7-10,16-18,20H,11-13H2,1-6H3/t16-,17-,18?/m1/s1. The Morgan fingerprint density at radius 2 is 1.84 bits per heavy atom. The number of ether oxygens (including phenoxy) is 3. The van der Waals surface area contributed by atoms with Crippen LogP contribution >= 0.6 is 0 Å². The quantitative estimate of drug-likeness (QED) is 0.744. The largest absolute Gasteiger partial charge is 0.497 e. The average Bonchev–Trinajstić information content (AvgIpc) is 2.86. The highest BCUT2D eigenvalue weighted by Gasteiger charge is 2.44. The van der Waals surface area contributed by atoms with E-state index in [-0.39, 0.29) is 17.2 Å². The van der Waals surface area contributed by atoms with Gasteiger partial charge in [-0.25, -0.2) is 0 Å². The van der Waals surface area contributed by atoms with Gasteiger partial charge in [0.05, 0.1) is 32.5 Å². The number of hydrogen-bond acceptors (Lipinski definition) is 5. The summed E-state index contributed by atoms with van der Waals surface area (Å²) in [6, 6.07) is 7.79. The van der Waals surface area contributed by atoms with Crippen LogP contribution < -0.4 is 4.74 Å². The van der Waals surface area contributed by atoms with Crippen LogP contribution in [0.15, 0.2) is 24.3 Å². The predicted octanol–water partition coefficient (Wildman–Crippen LogP) is 3.71. The normalized spacial score (nSPS) is 24.5. The van der Waals surface area contributed by atoms with Crippen molar-refractivity contribution in [2.45, 2.75) is 70.4 Å². The molecule has 0 aromatic heterocycles. The number of aliphatic hydroxyl groups is 1. The topological polar surface area (TPSA) is 57.2 Å². The Hall–Kier alpha value is -0.923. The van der Waals surface area contributed by atoms with Crippen LogP contribution in [0.1, 0.15) is 32.8 Å². The number of aliphatic hydroxyl groups excluding tert-OH is 1. The molecule has 1 fully saturated rings. The van der Waals surface area contributed by atoms with Gasteiger partial charge in [-0.2, -0.15) is 0 Å².